The van der Waals surface area contributed by atoms with Gasteiger partial charge in [-0.3, -0.25) is 14.7 Å². The van der Waals surface area contributed by atoms with Crippen molar-refractivity contribution in [3.8, 4) is 16.9 Å². The summed E-state index contributed by atoms with van der Waals surface area (Å²) in [6.07, 6.45) is 2.20. The van der Waals surface area contributed by atoms with Gasteiger partial charge in [0, 0.05) is 18.3 Å². The number of piperidine rings is 1. The van der Waals surface area contributed by atoms with Crippen molar-refractivity contribution in [1.29, 1.82) is 0 Å². The minimum atomic E-state index is -4.64. The number of hydrogen-bond acceptors (Lipinski definition) is 4. The van der Waals surface area contributed by atoms with Crippen LogP contribution in [0.3, 0.4) is 0 Å². The molecule has 4 aromatic rings. The molecule has 1 aliphatic heterocycles. The van der Waals surface area contributed by atoms with Gasteiger partial charge in [-0.1, -0.05) is 67.1 Å². The van der Waals surface area contributed by atoms with Gasteiger partial charge >= 0.3 is 12.1 Å². The number of likely N-dealkylation sites (tertiary alicyclic amines) is 1. The third-order valence-corrected chi connectivity index (χ3v) is 8.49. The van der Waals surface area contributed by atoms with Crippen molar-refractivity contribution in [2.75, 3.05) is 6.54 Å². The zero-order valence-electron chi connectivity index (χ0n) is 24.2. The van der Waals surface area contributed by atoms with E-state index in [9.17, 15) is 23.1 Å². The van der Waals surface area contributed by atoms with Crippen LogP contribution in [0.4, 0.5) is 13.2 Å². The molecule has 5 nitrogen and oxygen atoms in total. The number of aliphatic carboxylic acids is 1. The van der Waals surface area contributed by atoms with E-state index in [4.69, 9.17) is 4.74 Å². The minimum Gasteiger partial charge on any atom is -0.489 e. The first-order valence-corrected chi connectivity index (χ1v) is 15.5. The number of benzene rings is 3. The van der Waals surface area contributed by atoms with E-state index in [1.54, 1.807) is 23.2 Å². The van der Waals surface area contributed by atoms with E-state index >= 15 is 0 Å². The Balaban J connectivity index is 1.55. The van der Waals surface area contributed by atoms with Crippen molar-refractivity contribution >= 4 is 40.7 Å². The summed E-state index contributed by atoms with van der Waals surface area (Å²) in [4.78, 5) is 17.9. The SMILES string of the molecule is Cc1c(/C=C/c2cc(OCc3ccnc(I)c3)c(CN3CCCCC3C(=O)O)cc2C(F)(F)F)cccc1-c1ccccc1. The second kappa shape index (κ2) is 13.9. The highest BCUT2D eigenvalue weighted by Gasteiger charge is 2.35. The van der Waals surface area contributed by atoms with Gasteiger partial charge in [-0.15, -0.1) is 0 Å². The molecular formula is C35H32F3IN2O3. The van der Waals surface area contributed by atoms with E-state index in [1.807, 2.05) is 61.5 Å². The van der Waals surface area contributed by atoms with Crippen molar-refractivity contribution in [1.82, 2.24) is 9.88 Å². The molecule has 228 valence electrons. The summed E-state index contributed by atoms with van der Waals surface area (Å²) in [5.41, 5.74) is 4.08. The Kier molecular flexibility index (Phi) is 10.1. The summed E-state index contributed by atoms with van der Waals surface area (Å²) in [7, 11) is 0. The second-order valence-electron chi connectivity index (χ2n) is 10.9. The van der Waals surface area contributed by atoms with Gasteiger partial charge in [0.25, 0.3) is 0 Å². The average Bonchev–Trinajstić information content (AvgIpc) is 3.00. The first-order valence-electron chi connectivity index (χ1n) is 14.4. The number of nitrogens with zero attached hydrogens (tertiary/aromatic N) is 2. The summed E-state index contributed by atoms with van der Waals surface area (Å²) < 4.78 is 50.6. The van der Waals surface area contributed by atoms with E-state index < -0.39 is 23.8 Å². The summed E-state index contributed by atoms with van der Waals surface area (Å²) in [6.45, 7) is 2.60. The Morgan fingerprint density at radius 3 is 2.55 bits per heavy atom. The lowest BCUT2D eigenvalue weighted by atomic mass is 9.95. The summed E-state index contributed by atoms with van der Waals surface area (Å²) in [5, 5.41) is 9.79. The predicted molar refractivity (Wildman–Crippen MR) is 174 cm³/mol. The molecule has 9 heteroatoms. The molecule has 1 aromatic heterocycles. The van der Waals surface area contributed by atoms with Crippen LogP contribution in [0, 0.1) is 10.6 Å². The third kappa shape index (κ3) is 7.68. The zero-order chi connectivity index (χ0) is 31.3. The number of aromatic nitrogens is 1. The normalized spacial score (nSPS) is 15.9. The standard InChI is InChI=1S/C35H32F3IN2O3/c1-23-25(10-7-11-29(23)26-8-3-2-4-9-26)13-14-27-20-32(44-22-24-15-16-40-33(39)18-24)28(19-30(27)35(36,37)38)21-41-17-6-5-12-31(41)34(42)43/h2-4,7-11,13-16,18-20,31H,5-6,12,17,21-22H2,1H3,(H,42,43)/b14-13+. The average molecular weight is 713 g/mol. The second-order valence-corrected chi connectivity index (χ2v) is 12.0. The number of alkyl halides is 3. The number of carboxylic acid groups (broad SMARTS) is 1. The van der Waals surface area contributed by atoms with Crippen LogP contribution in [0.5, 0.6) is 5.75 Å². The van der Waals surface area contributed by atoms with Crippen molar-refractivity contribution in [3.05, 3.63) is 116 Å². The molecule has 1 N–H and O–H groups in total. The smallest absolute Gasteiger partial charge is 0.417 e. The van der Waals surface area contributed by atoms with Gasteiger partial charge in [0.15, 0.2) is 0 Å². The lowest BCUT2D eigenvalue weighted by molar-refractivity contribution is -0.145. The van der Waals surface area contributed by atoms with E-state index in [2.05, 4.69) is 27.6 Å². The minimum absolute atomic E-state index is 0.0292. The molecule has 3 aromatic carbocycles. The first-order chi connectivity index (χ1) is 21.1. The molecule has 1 fully saturated rings. The third-order valence-electron chi connectivity index (χ3n) is 7.90. The molecular weight excluding hydrogens is 680 g/mol. The van der Waals surface area contributed by atoms with Crippen molar-refractivity contribution in [2.24, 2.45) is 0 Å². The number of halogens is 4. The zero-order valence-corrected chi connectivity index (χ0v) is 26.3. The molecule has 0 amide bonds. The van der Waals surface area contributed by atoms with Gasteiger partial charge in [-0.05, 0) is 107 Å². The number of hydrogen-bond donors (Lipinski definition) is 1. The number of carbonyl (C=O) groups is 1. The van der Waals surface area contributed by atoms with Crippen LogP contribution in [0.15, 0.2) is 79.0 Å². The van der Waals surface area contributed by atoms with Crippen LogP contribution in [0.2, 0.25) is 0 Å². The fraction of sp³-hybridized carbons (Fsp3) is 0.257. The number of ether oxygens (including phenoxy) is 1. The van der Waals surface area contributed by atoms with Crippen LogP contribution in [0.1, 0.15) is 52.6 Å². The quantitative estimate of drug-likeness (QED) is 0.107. The Morgan fingerprint density at radius 2 is 1.82 bits per heavy atom. The van der Waals surface area contributed by atoms with Crippen LogP contribution in [-0.4, -0.2) is 33.5 Å². The molecule has 5 rings (SSSR count). The highest BCUT2D eigenvalue weighted by atomic mass is 127. The molecule has 0 bridgehead atoms. The molecule has 2 heterocycles. The Bertz CT molecular complexity index is 1660. The number of pyridine rings is 1. The van der Waals surface area contributed by atoms with Crippen molar-refractivity contribution in [2.45, 2.75) is 51.6 Å². The molecule has 0 radical (unpaired) electrons. The molecule has 0 saturated carbocycles. The number of carboxylic acids is 1. The summed E-state index contributed by atoms with van der Waals surface area (Å²) in [5.74, 6) is -0.684. The van der Waals surface area contributed by atoms with E-state index in [1.165, 1.54) is 12.1 Å². The molecule has 1 atom stereocenters. The summed E-state index contributed by atoms with van der Waals surface area (Å²) in [6, 6.07) is 21.0. The van der Waals surface area contributed by atoms with Gasteiger partial charge in [0.2, 0.25) is 0 Å². The van der Waals surface area contributed by atoms with Crippen molar-refractivity contribution in [3.63, 3.8) is 0 Å². The van der Waals surface area contributed by atoms with E-state index in [0.29, 0.717) is 18.5 Å². The highest BCUT2D eigenvalue weighted by Crippen LogP contribution is 2.38. The maximum atomic E-state index is 14.5. The van der Waals surface area contributed by atoms with Gasteiger partial charge in [-0.25, -0.2) is 0 Å². The molecule has 0 spiro atoms. The van der Waals surface area contributed by atoms with Gasteiger partial charge in [0.1, 0.15) is 22.1 Å². The molecule has 1 saturated heterocycles. The van der Waals surface area contributed by atoms with Gasteiger partial charge in [-0.2, -0.15) is 13.2 Å². The van der Waals surface area contributed by atoms with Gasteiger partial charge in [0.05, 0.1) is 5.56 Å². The highest BCUT2D eigenvalue weighted by molar-refractivity contribution is 14.1. The lowest BCUT2D eigenvalue weighted by Crippen LogP contribution is -2.44. The monoisotopic (exact) mass is 712 g/mol. The largest absolute Gasteiger partial charge is 0.489 e. The maximum absolute atomic E-state index is 14.5. The fourth-order valence-electron chi connectivity index (χ4n) is 5.60. The Hall–Kier alpha value is -3.70. The van der Waals surface area contributed by atoms with Crippen LogP contribution in [-0.2, 0) is 24.1 Å². The predicted octanol–water partition coefficient (Wildman–Crippen LogP) is 8.87. The molecule has 44 heavy (non-hydrogen) atoms. The van der Waals surface area contributed by atoms with Crippen LogP contribution < -0.4 is 4.74 Å². The molecule has 0 aliphatic carbocycles. The lowest BCUT2D eigenvalue weighted by Gasteiger charge is -2.33. The maximum Gasteiger partial charge on any atom is 0.417 e. The van der Waals surface area contributed by atoms with E-state index in [-0.39, 0.29) is 24.5 Å². The fourth-order valence-corrected chi connectivity index (χ4v) is 6.16. The van der Waals surface area contributed by atoms with E-state index in [0.717, 1.165) is 50.4 Å². The Labute approximate surface area is 268 Å². The van der Waals surface area contributed by atoms with Crippen LogP contribution >= 0.6 is 22.6 Å². The molecule has 1 aliphatic rings. The topological polar surface area (TPSA) is 62.7 Å². The first kappa shape index (κ1) is 31.7. The Morgan fingerprint density at radius 1 is 1.05 bits per heavy atom. The molecule has 1 unspecified atom stereocenters. The van der Waals surface area contributed by atoms with Crippen molar-refractivity contribution < 1.29 is 27.8 Å². The van der Waals surface area contributed by atoms with Crippen LogP contribution in [0.25, 0.3) is 23.3 Å². The number of rotatable bonds is 9. The van der Waals surface area contributed by atoms with Gasteiger partial charge < -0.3 is 9.84 Å². The summed E-state index contributed by atoms with van der Waals surface area (Å²) >= 11 is 2.09.